The molecular weight excluding hydrogens is 386 g/mol. The highest BCUT2D eigenvalue weighted by Gasteiger charge is 2.19. The molecule has 0 saturated heterocycles. The third-order valence-corrected chi connectivity index (χ3v) is 5.33. The molecule has 0 spiro atoms. The van der Waals surface area contributed by atoms with Gasteiger partial charge in [-0.2, -0.15) is 0 Å². The van der Waals surface area contributed by atoms with E-state index in [0.29, 0.717) is 22.5 Å². The van der Waals surface area contributed by atoms with Crippen molar-refractivity contribution in [3.63, 3.8) is 0 Å². The minimum Gasteiger partial charge on any atom is -0.491 e. The lowest BCUT2D eigenvalue weighted by Gasteiger charge is -2.13. The summed E-state index contributed by atoms with van der Waals surface area (Å²) in [6.07, 6.45) is 0.965. The van der Waals surface area contributed by atoms with Gasteiger partial charge in [0.1, 0.15) is 12.4 Å². The first-order valence-electron chi connectivity index (χ1n) is 9.26. The van der Waals surface area contributed by atoms with Crippen LogP contribution in [0.2, 0.25) is 0 Å². The summed E-state index contributed by atoms with van der Waals surface area (Å²) in [5, 5.41) is 19.6. The fourth-order valence-corrected chi connectivity index (χ4v) is 3.64. The first-order chi connectivity index (χ1) is 14.2. The fraction of sp³-hybridized carbons (Fsp3) is 0.182. The lowest BCUT2D eigenvalue weighted by atomic mass is 10.2. The predicted octanol–water partition coefficient (Wildman–Crippen LogP) is 4.37. The largest absolute Gasteiger partial charge is 0.491 e. The molecule has 1 N–H and O–H groups in total. The maximum Gasteiger partial charge on any atom is 0.205 e. The average Bonchev–Trinajstić information content (AvgIpc) is 3.42. The molecule has 0 aliphatic carbocycles. The van der Waals surface area contributed by atoms with Gasteiger partial charge in [-0.15, -0.1) is 10.2 Å². The molecule has 0 aliphatic heterocycles. The van der Waals surface area contributed by atoms with Crippen LogP contribution < -0.4 is 4.74 Å². The number of hydrogen-bond donors (Lipinski definition) is 1. The van der Waals surface area contributed by atoms with Crippen LogP contribution in [0.15, 0.2) is 82.6 Å². The third kappa shape index (κ3) is 4.70. The third-order valence-electron chi connectivity index (χ3n) is 4.26. The van der Waals surface area contributed by atoms with Crippen molar-refractivity contribution in [3.8, 4) is 23.0 Å². The highest BCUT2D eigenvalue weighted by atomic mass is 32.2. The van der Waals surface area contributed by atoms with E-state index in [9.17, 15) is 5.11 Å². The minimum absolute atomic E-state index is 0.209. The zero-order valence-corrected chi connectivity index (χ0v) is 16.7. The van der Waals surface area contributed by atoms with Gasteiger partial charge >= 0.3 is 0 Å². The quantitative estimate of drug-likeness (QED) is 0.437. The number of aliphatic hydroxyl groups is 1. The molecule has 0 saturated carbocycles. The summed E-state index contributed by atoms with van der Waals surface area (Å²) in [5.41, 5.74) is 2.10. The van der Waals surface area contributed by atoms with Crippen LogP contribution in [0.4, 0.5) is 0 Å². The van der Waals surface area contributed by atoms with Gasteiger partial charge in [0, 0.05) is 11.4 Å². The summed E-state index contributed by atoms with van der Waals surface area (Å²) in [6, 6.07) is 21.3. The van der Waals surface area contributed by atoms with E-state index in [4.69, 9.17) is 9.15 Å². The minimum atomic E-state index is -0.644. The number of aromatic nitrogens is 3. The molecule has 0 fully saturated rings. The number of hydrogen-bond acceptors (Lipinski definition) is 6. The van der Waals surface area contributed by atoms with Gasteiger partial charge in [0.15, 0.2) is 10.9 Å². The summed E-state index contributed by atoms with van der Waals surface area (Å²) in [5.74, 6) is 2.42. The first-order valence-corrected chi connectivity index (χ1v) is 10.2. The molecule has 1 unspecified atom stereocenters. The van der Waals surface area contributed by atoms with Crippen LogP contribution in [-0.4, -0.2) is 38.3 Å². The second kappa shape index (κ2) is 8.98. The summed E-state index contributed by atoms with van der Waals surface area (Å²) < 4.78 is 13.1. The van der Waals surface area contributed by atoms with E-state index in [1.165, 1.54) is 17.3 Å². The Bertz CT molecular complexity index is 1030. The Kier molecular flexibility index (Phi) is 5.97. The van der Waals surface area contributed by atoms with Crippen molar-refractivity contribution in [1.29, 1.82) is 0 Å². The number of aliphatic hydroxyl groups excluding tert-OH is 1. The number of thioether (sulfide) groups is 1. The Morgan fingerprint density at radius 2 is 1.83 bits per heavy atom. The van der Waals surface area contributed by atoms with Crippen LogP contribution in [0.3, 0.4) is 0 Å². The van der Waals surface area contributed by atoms with Gasteiger partial charge < -0.3 is 14.3 Å². The van der Waals surface area contributed by atoms with Crippen molar-refractivity contribution in [3.05, 3.63) is 78.6 Å². The molecule has 1 atom stereocenters. The standard InChI is InChI=1S/C22H21N3O3S/c1-16-9-11-19(12-10-16)28-14-18(26)15-29-22-24-23-21(20-8-5-13-27-20)25(22)17-6-3-2-4-7-17/h2-13,18,26H,14-15H2,1H3. The highest BCUT2D eigenvalue weighted by Crippen LogP contribution is 2.28. The molecule has 2 aromatic heterocycles. The molecule has 4 rings (SSSR count). The Morgan fingerprint density at radius 3 is 2.55 bits per heavy atom. The van der Waals surface area contributed by atoms with E-state index < -0.39 is 6.10 Å². The van der Waals surface area contributed by atoms with Crippen molar-refractivity contribution in [2.24, 2.45) is 0 Å². The van der Waals surface area contributed by atoms with Gasteiger partial charge in [-0.05, 0) is 43.3 Å². The van der Waals surface area contributed by atoms with Crippen molar-refractivity contribution >= 4 is 11.8 Å². The van der Waals surface area contributed by atoms with Gasteiger partial charge in [0.2, 0.25) is 5.82 Å². The van der Waals surface area contributed by atoms with E-state index in [1.54, 1.807) is 6.26 Å². The number of aryl methyl sites for hydroxylation is 1. The lowest BCUT2D eigenvalue weighted by molar-refractivity contribution is 0.126. The van der Waals surface area contributed by atoms with Crippen molar-refractivity contribution in [2.75, 3.05) is 12.4 Å². The molecule has 4 aromatic rings. The second-order valence-corrected chi connectivity index (χ2v) is 7.53. The zero-order valence-electron chi connectivity index (χ0n) is 15.9. The maximum atomic E-state index is 10.4. The number of ether oxygens (including phenoxy) is 1. The van der Waals surface area contributed by atoms with E-state index in [-0.39, 0.29) is 6.61 Å². The smallest absolute Gasteiger partial charge is 0.205 e. The van der Waals surface area contributed by atoms with Gasteiger partial charge in [-0.25, -0.2) is 0 Å². The number of furan rings is 1. The summed E-state index contributed by atoms with van der Waals surface area (Å²) in [4.78, 5) is 0. The Hall–Kier alpha value is -3.03. The number of benzene rings is 2. The number of nitrogens with zero attached hydrogens (tertiary/aromatic N) is 3. The Morgan fingerprint density at radius 1 is 1.03 bits per heavy atom. The molecule has 6 nitrogen and oxygen atoms in total. The molecule has 0 radical (unpaired) electrons. The second-order valence-electron chi connectivity index (χ2n) is 6.54. The van der Waals surface area contributed by atoms with Crippen LogP contribution in [0.25, 0.3) is 17.3 Å². The Balaban J connectivity index is 1.46. The summed E-state index contributed by atoms with van der Waals surface area (Å²) in [6.45, 7) is 2.23. The molecule has 0 bridgehead atoms. The molecule has 2 aromatic carbocycles. The molecule has 29 heavy (non-hydrogen) atoms. The topological polar surface area (TPSA) is 73.3 Å². The van der Waals surface area contributed by atoms with E-state index in [0.717, 1.165) is 11.4 Å². The zero-order chi connectivity index (χ0) is 20.1. The lowest BCUT2D eigenvalue weighted by Crippen LogP contribution is -2.20. The SMILES string of the molecule is Cc1ccc(OCC(O)CSc2nnc(-c3ccco3)n2-c2ccccc2)cc1. The van der Waals surface area contributed by atoms with Crippen LogP contribution in [0.5, 0.6) is 5.75 Å². The van der Waals surface area contributed by atoms with Gasteiger partial charge in [-0.3, -0.25) is 4.57 Å². The normalized spacial score (nSPS) is 12.1. The highest BCUT2D eigenvalue weighted by molar-refractivity contribution is 7.99. The van der Waals surface area contributed by atoms with Gasteiger partial charge in [-0.1, -0.05) is 47.7 Å². The van der Waals surface area contributed by atoms with E-state index in [1.807, 2.05) is 78.2 Å². The molecule has 0 aliphatic rings. The molecular formula is C22H21N3O3S. The maximum absolute atomic E-state index is 10.4. The van der Waals surface area contributed by atoms with Crippen molar-refractivity contribution in [2.45, 2.75) is 18.2 Å². The summed E-state index contributed by atoms with van der Waals surface area (Å²) in [7, 11) is 0. The number of rotatable bonds is 8. The van der Waals surface area contributed by atoms with Crippen molar-refractivity contribution < 1.29 is 14.3 Å². The van der Waals surface area contributed by atoms with Gasteiger partial charge in [0.05, 0.1) is 12.4 Å². The molecule has 0 amide bonds. The van der Waals surface area contributed by atoms with Crippen LogP contribution in [0.1, 0.15) is 5.56 Å². The van der Waals surface area contributed by atoms with Gasteiger partial charge in [0.25, 0.3) is 0 Å². The van der Waals surface area contributed by atoms with Crippen LogP contribution in [0, 0.1) is 6.92 Å². The monoisotopic (exact) mass is 407 g/mol. The average molecular weight is 407 g/mol. The number of para-hydroxylation sites is 1. The predicted molar refractivity (Wildman–Crippen MR) is 112 cm³/mol. The van der Waals surface area contributed by atoms with Crippen molar-refractivity contribution in [1.82, 2.24) is 14.8 Å². The molecule has 2 heterocycles. The van der Waals surface area contributed by atoms with Crippen LogP contribution >= 0.6 is 11.8 Å². The van der Waals surface area contributed by atoms with E-state index >= 15 is 0 Å². The first kappa shape index (κ1) is 19.3. The Labute approximate surface area is 173 Å². The van der Waals surface area contributed by atoms with Crippen LogP contribution in [-0.2, 0) is 0 Å². The molecule has 7 heteroatoms. The molecule has 148 valence electrons. The fourth-order valence-electron chi connectivity index (χ4n) is 2.78. The summed E-state index contributed by atoms with van der Waals surface area (Å²) >= 11 is 1.42. The van der Waals surface area contributed by atoms with E-state index in [2.05, 4.69) is 10.2 Å².